The molecular formula is C28H32N6O2. The van der Waals surface area contributed by atoms with E-state index in [2.05, 4.69) is 73.9 Å². The van der Waals surface area contributed by atoms with Gasteiger partial charge in [0.05, 0.1) is 20.8 Å². The van der Waals surface area contributed by atoms with Crippen molar-refractivity contribution in [3.8, 4) is 11.5 Å². The highest BCUT2D eigenvalue weighted by atomic mass is 16.5. The molecule has 0 radical (unpaired) electrons. The van der Waals surface area contributed by atoms with Crippen LogP contribution in [0, 0.1) is 0 Å². The Morgan fingerprint density at radius 2 is 1.44 bits per heavy atom. The minimum atomic E-state index is -0.150. The first kappa shape index (κ1) is 24.0. The van der Waals surface area contributed by atoms with Crippen molar-refractivity contribution in [3.05, 3.63) is 101 Å². The molecule has 5 rings (SSSR count). The van der Waals surface area contributed by atoms with Crippen LogP contribution in [0.5, 0.6) is 11.5 Å². The van der Waals surface area contributed by atoms with Gasteiger partial charge in [0.1, 0.15) is 17.5 Å². The lowest BCUT2D eigenvalue weighted by molar-refractivity contribution is 0.0992. The van der Waals surface area contributed by atoms with Crippen LogP contribution < -0.4 is 9.47 Å². The molecule has 1 atom stereocenters. The summed E-state index contributed by atoms with van der Waals surface area (Å²) in [5.41, 5.74) is 3.52. The van der Waals surface area contributed by atoms with Crippen molar-refractivity contribution in [1.82, 2.24) is 30.0 Å². The summed E-state index contributed by atoms with van der Waals surface area (Å²) in [4.78, 5) is 4.96. The third-order valence-electron chi connectivity index (χ3n) is 6.74. The molecule has 0 saturated carbocycles. The molecule has 1 fully saturated rings. The van der Waals surface area contributed by atoms with E-state index in [9.17, 15) is 0 Å². The van der Waals surface area contributed by atoms with Crippen molar-refractivity contribution in [2.24, 2.45) is 0 Å². The fourth-order valence-corrected chi connectivity index (χ4v) is 4.84. The monoisotopic (exact) mass is 484 g/mol. The van der Waals surface area contributed by atoms with Gasteiger partial charge < -0.3 is 9.47 Å². The molecule has 1 aliphatic heterocycles. The van der Waals surface area contributed by atoms with Gasteiger partial charge in [0.25, 0.3) is 0 Å². The topological polar surface area (TPSA) is 68.5 Å². The molecule has 0 aliphatic carbocycles. The van der Waals surface area contributed by atoms with Crippen molar-refractivity contribution in [3.63, 3.8) is 0 Å². The number of aromatic nitrogens is 4. The highest BCUT2D eigenvalue weighted by Crippen LogP contribution is 2.36. The van der Waals surface area contributed by atoms with Gasteiger partial charge in [-0.1, -0.05) is 60.7 Å². The van der Waals surface area contributed by atoms with Crippen molar-refractivity contribution in [2.45, 2.75) is 19.1 Å². The number of piperazine rings is 1. The van der Waals surface area contributed by atoms with Gasteiger partial charge in [-0.05, 0) is 33.7 Å². The Bertz CT molecular complexity index is 1240. The molecule has 1 saturated heterocycles. The number of nitrogens with zero attached hydrogens (tertiary/aromatic N) is 6. The SMILES string of the molecule is COc1ccc(C(c2nnnn2Cc2ccccc2)N2CCN(Cc3ccccc3)CC2)c(OC)c1. The zero-order valence-corrected chi connectivity index (χ0v) is 20.8. The molecule has 186 valence electrons. The lowest BCUT2D eigenvalue weighted by atomic mass is 10.0. The Kier molecular flexibility index (Phi) is 7.54. The molecule has 0 N–H and O–H groups in total. The number of rotatable bonds is 9. The van der Waals surface area contributed by atoms with Gasteiger partial charge in [0.2, 0.25) is 0 Å². The zero-order chi connectivity index (χ0) is 24.7. The van der Waals surface area contributed by atoms with Crippen molar-refractivity contribution < 1.29 is 9.47 Å². The van der Waals surface area contributed by atoms with Gasteiger partial charge in [-0.2, -0.15) is 0 Å². The van der Waals surface area contributed by atoms with Crippen LogP contribution in [-0.4, -0.2) is 70.4 Å². The molecule has 1 unspecified atom stereocenters. The Morgan fingerprint density at radius 1 is 0.778 bits per heavy atom. The maximum Gasteiger partial charge on any atom is 0.173 e. The van der Waals surface area contributed by atoms with Crippen molar-refractivity contribution in [1.29, 1.82) is 0 Å². The largest absolute Gasteiger partial charge is 0.497 e. The molecule has 36 heavy (non-hydrogen) atoms. The van der Waals surface area contributed by atoms with Gasteiger partial charge >= 0.3 is 0 Å². The maximum atomic E-state index is 5.82. The number of ether oxygens (including phenoxy) is 2. The third kappa shape index (κ3) is 5.40. The number of hydrogen-bond acceptors (Lipinski definition) is 7. The fraction of sp³-hybridized carbons (Fsp3) is 0.321. The summed E-state index contributed by atoms with van der Waals surface area (Å²) < 4.78 is 13.2. The second kappa shape index (κ2) is 11.3. The second-order valence-electron chi connectivity index (χ2n) is 8.99. The van der Waals surface area contributed by atoms with E-state index in [1.54, 1.807) is 14.2 Å². The maximum absolute atomic E-state index is 5.82. The molecule has 0 spiro atoms. The Hall–Kier alpha value is -3.75. The number of tetrazole rings is 1. The van der Waals surface area contributed by atoms with E-state index in [1.165, 1.54) is 5.56 Å². The van der Waals surface area contributed by atoms with E-state index in [0.717, 1.165) is 61.2 Å². The van der Waals surface area contributed by atoms with Crippen LogP contribution in [0.2, 0.25) is 0 Å². The number of hydrogen-bond donors (Lipinski definition) is 0. The first-order chi connectivity index (χ1) is 17.7. The first-order valence-electron chi connectivity index (χ1n) is 12.3. The summed E-state index contributed by atoms with van der Waals surface area (Å²) >= 11 is 0. The summed E-state index contributed by atoms with van der Waals surface area (Å²) in [6, 6.07) is 26.7. The predicted molar refractivity (Wildman–Crippen MR) is 138 cm³/mol. The van der Waals surface area contributed by atoms with E-state index in [1.807, 2.05) is 35.0 Å². The number of methoxy groups -OCH3 is 2. The van der Waals surface area contributed by atoms with Crippen LogP contribution in [0.1, 0.15) is 28.6 Å². The van der Waals surface area contributed by atoms with Crippen LogP contribution in [0.4, 0.5) is 0 Å². The second-order valence-corrected chi connectivity index (χ2v) is 8.99. The van der Waals surface area contributed by atoms with E-state index >= 15 is 0 Å². The van der Waals surface area contributed by atoms with Gasteiger partial charge in [0.15, 0.2) is 5.82 Å². The number of benzene rings is 3. The molecule has 2 heterocycles. The van der Waals surface area contributed by atoms with E-state index in [4.69, 9.17) is 9.47 Å². The minimum absolute atomic E-state index is 0.150. The van der Waals surface area contributed by atoms with Gasteiger partial charge in [-0.15, -0.1) is 5.10 Å². The molecule has 0 amide bonds. The minimum Gasteiger partial charge on any atom is -0.497 e. The van der Waals surface area contributed by atoms with Crippen LogP contribution in [0.25, 0.3) is 0 Å². The summed E-state index contributed by atoms with van der Waals surface area (Å²) in [6.07, 6.45) is 0. The average Bonchev–Trinajstić information content (AvgIpc) is 3.38. The molecule has 4 aromatic rings. The molecule has 0 bridgehead atoms. The molecular weight excluding hydrogens is 452 g/mol. The molecule has 3 aromatic carbocycles. The Morgan fingerprint density at radius 3 is 2.08 bits per heavy atom. The molecule has 1 aliphatic rings. The summed E-state index contributed by atoms with van der Waals surface area (Å²) in [7, 11) is 3.36. The van der Waals surface area contributed by atoms with Gasteiger partial charge in [-0.3, -0.25) is 9.80 Å². The van der Waals surface area contributed by atoms with Crippen LogP contribution >= 0.6 is 0 Å². The normalized spacial score (nSPS) is 15.5. The van der Waals surface area contributed by atoms with E-state index < -0.39 is 0 Å². The smallest absolute Gasteiger partial charge is 0.173 e. The Labute approximate surface area is 212 Å². The standard InChI is InChI=1S/C28H32N6O2/c1-35-24-13-14-25(26(19-24)36-2)27(28-29-30-31-34(28)21-23-11-7-4-8-12-23)33-17-15-32(16-18-33)20-22-9-5-3-6-10-22/h3-14,19,27H,15-18,20-21H2,1-2H3. The molecule has 1 aromatic heterocycles. The quantitative estimate of drug-likeness (QED) is 0.359. The van der Waals surface area contributed by atoms with Crippen molar-refractivity contribution in [2.75, 3.05) is 40.4 Å². The summed E-state index contributed by atoms with van der Waals surface area (Å²) in [5, 5.41) is 13.0. The van der Waals surface area contributed by atoms with Crippen LogP contribution in [0.3, 0.4) is 0 Å². The highest BCUT2D eigenvalue weighted by Gasteiger charge is 2.32. The van der Waals surface area contributed by atoms with E-state index in [0.29, 0.717) is 6.54 Å². The van der Waals surface area contributed by atoms with E-state index in [-0.39, 0.29) is 6.04 Å². The zero-order valence-electron chi connectivity index (χ0n) is 20.8. The highest BCUT2D eigenvalue weighted by molar-refractivity contribution is 5.44. The van der Waals surface area contributed by atoms with Gasteiger partial charge in [-0.25, -0.2) is 4.68 Å². The lowest BCUT2D eigenvalue weighted by Gasteiger charge is -2.39. The Balaban J connectivity index is 1.44. The fourth-order valence-electron chi connectivity index (χ4n) is 4.84. The van der Waals surface area contributed by atoms with Gasteiger partial charge in [0, 0.05) is 44.4 Å². The first-order valence-corrected chi connectivity index (χ1v) is 12.3. The lowest BCUT2D eigenvalue weighted by Crippen LogP contribution is -2.48. The third-order valence-corrected chi connectivity index (χ3v) is 6.74. The van der Waals surface area contributed by atoms with Crippen molar-refractivity contribution >= 4 is 0 Å². The molecule has 8 heteroatoms. The summed E-state index contributed by atoms with van der Waals surface area (Å²) in [6.45, 7) is 5.27. The van der Waals surface area contributed by atoms with Crippen LogP contribution in [-0.2, 0) is 13.1 Å². The average molecular weight is 485 g/mol. The predicted octanol–water partition coefficient (Wildman–Crippen LogP) is 3.65. The molecule has 8 nitrogen and oxygen atoms in total. The summed E-state index contributed by atoms with van der Waals surface area (Å²) in [5.74, 6) is 2.32. The van der Waals surface area contributed by atoms with Crippen LogP contribution in [0.15, 0.2) is 78.9 Å².